The van der Waals surface area contributed by atoms with Gasteiger partial charge in [-0.05, 0) is 66.1 Å². The first kappa shape index (κ1) is 30.5. The van der Waals surface area contributed by atoms with Crippen LogP contribution in [0.25, 0.3) is 0 Å². The van der Waals surface area contributed by atoms with E-state index < -0.39 is 28.0 Å². The molecule has 0 aliphatic heterocycles. The number of rotatable bonds is 12. The Labute approximate surface area is 249 Å². The molecule has 11 heteroatoms. The van der Waals surface area contributed by atoms with Gasteiger partial charge >= 0.3 is 12.1 Å². The summed E-state index contributed by atoms with van der Waals surface area (Å²) < 4.78 is 44.3. The molecule has 4 rings (SSSR count). The van der Waals surface area contributed by atoms with Gasteiger partial charge in [0.15, 0.2) is 6.61 Å². The van der Waals surface area contributed by atoms with Gasteiger partial charge in [0.05, 0.1) is 18.0 Å². The molecule has 1 heterocycles. The van der Waals surface area contributed by atoms with E-state index in [1.165, 1.54) is 24.3 Å². The van der Waals surface area contributed by atoms with Crippen molar-refractivity contribution in [2.75, 3.05) is 19.8 Å². The molecule has 0 saturated heterocycles. The third kappa shape index (κ3) is 8.08. The van der Waals surface area contributed by atoms with E-state index in [0.717, 1.165) is 4.31 Å². The Kier molecular flexibility index (Phi) is 10.5. The molecule has 0 aliphatic rings. The monoisotopic (exact) mass is 608 g/mol. The van der Waals surface area contributed by atoms with E-state index in [2.05, 4.69) is 4.98 Å². The molecule has 3 aromatic carbocycles. The molecule has 0 N–H and O–H groups in total. The van der Waals surface area contributed by atoms with Crippen molar-refractivity contribution in [1.82, 2.24) is 9.29 Å². The van der Waals surface area contributed by atoms with E-state index in [1.807, 2.05) is 6.07 Å². The summed E-state index contributed by atoms with van der Waals surface area (Å²) in [4.78, 5) is 29.2. The minimum atomic E-state index is -4.36. The number of pyridine rings is 1. The summed E-state index contributed by atoms with van der Waals surface area (Å²) in [6.07, 6.45) is 2.18. The molecule has 1 unspecified atom stereocenters. The number of hydrogen-bond acceptors (Lipinski definition) is 8. The van der Waals surface area contributed by atoms with Crippen molar-refractivity contribution in [2.45, 2.75) is 24.3 Å². The lowest BCUT2D eigenvalue weighted by Crippen LogP contribution is -2.40. The lowest BCUT2D eigenvalue weighted by atomic mass is 9.92. The van der Waals surface area contributed by atoms with E-state index in [-0.39, 0.29) is 31.3 Å². The average molecular weight is 609 g/mol. The fraction of sp³-hybridized carbons (Fsp3) is 0.194. The first-order valence-corrected chi connectivity index (χ1v) is 14.9. The Bertz CT molecular complexity index is 1570. The topological polar surface area (TPSA) is 112 Å². The van der Waals surface area contributed by atoms with Crippen LogP contribution in [0, 0.1) is 0 Å². The van der Waals surface area contributed by atoms with Gasteiger partial charge in [0.2, 0.25) is 0 Å². The minimum absolute atomic E-state index is 0.115. The van der Waals surface area contributed by atoms with Gasteiger partial charge in [0, 0.05) is 23.3 Å². The predicted octanol–water partition coefficient (Wildman–Crippen LogP) is 5.84. The van der Waals surface area contributed by atoms with Crippen molar-refractivity contribution in [3.05, 3.63) is 125 Å². The number of carbonyl (C=O) groups is 2. The number of carbonyl (C=O) groups excluding carboxylic acids is 2. The molecule has 4 aromatic rings. The highest BCUT2D eigenvalue weighted by Gasteiger charge is 2.34. The van der Waals surface area contributed by atoms with Crippen molar-refractivity contribution in [3.8, 4) is 5.75 Å². The summed E-state index contributed by atoms with van der Waals surface area (Å²) in [6, 6.07) is 24.8. The normalized spacial score (nSPS) is 11.8. The standard InChI is InChI=1S/C31H29ClN2O7S/c1-2-39-30(35)22-40-27-14-10-24(11-15-27)29(25-9-6-18-33-19-25)20-34(31(36)41-21-23-7-4-3-5-8-23)42(37,38)28-16-12-26(32)13-17-28/h3-19,29H,2,20-22H2,1H3. The maximum atomic E-state index is 13.9. The fourth-order valence-corrected chi connectivity index (χ4v) is 5.54. The third-order valence-electron chi connectivity index (χ3n) is 6.19. The summed E-state index contributed by atoms with van der Waals surface area (Å²) in [7, 11) is -4.36. The molecule has 0 aliphatic carbocycles. The number of benzene rings is 3. The number of ether oxygens (including phenoxy) is 3. The first-order valence-electron chi connectivity index (χ1n) is 13.0. The molecule has 1 aromatic heterocycles. The molecule has 0 radical (unpaired) electrons. The molecule has 0 fully saturated rings. The van der Waals surface area contributed by atoms with Crippen LogP contribution < -0.4 is 4.74 Å². The number of hydrogen-bond donors (Lipinski definition) is 0. The summed E-state index contributed by atoms with van der Waals surface area (Å²) in [5, 5.41) is 0.352. The quantitative estimate of drug-likeness (QED) is 0.185. The predicted molar refractivity (Wildman–Crippen MR) is 157 cm³/mol. The molecule has 1 atom stereocenters. The van der Waals surface area contributed by atoms with Crippen LogP contribution in [-0.4, -0.2) is 49.5 Å². The fourth-order valence-electron chi connectivity index (χ4n) is 4.09. The van der Waals surface area contributed by atoms with Crippen LogP contribution in [0.2, 0.25) is 5.02 Å². The van der Waals surface area contributed by atoms with Gasteiger partial charge in [-0.1, -0.05) is 60.1 Å². The Balaban J connectivity index is 1.66. The maximum Gasteiger partial charge on any atom is 0.424 e. The largest absolute Gasteiger partial charge is 0.482 e. The Morgan fingerprint density at radius 3 is 2.24 bits per heavy atom. The van der Waals surface area contributed by atoms with Gasteiger partial charge in [0.1, 0.15) is 12.4 Å². The van der Waals surface area contributed by atoms with Gasteiger partial charge < -0.3 is 14.2 Å². The molecule has 0 saturated carbocycles. The van der Waals surface area contributed by atoms with Crippen molar-refractivity contribution in [2.24, 2.45) is 0 Å². The van der Waals surface area contributed by atoms with Crippen LogP contribution in [0.3, 0.4) is 0 Å². The second-order valence-electron chi connectivity index (χ2n) is 9.03. The Morgan fingerprint density at radius 2 is 1.60 bits per heavy atom. The van der Waals surface area contributed by atoms with E-state index in [9.17, 15) is 18.0 Å². The van der Waals surface area contributed by atoms with Crippen LogP contribution in [0.4, 0.5) is 4.79 Å². The maximum absolute atomic E-state index is 13.9. The molecule has 0 spiro atoms. The van der Waals surface area contributed by atoms with E-state index in [4.69, 9.17) is 25.8 Å². The zero-order valence-electron chi connectivity index (χ0n) is 22.8. The van der Waals surface area contributed by atoms with Gasteiger partial charge in [0.25, 0.3) is 10.0 Å². The lowest BCUT2D eigenvalue weighted by Gasteiger charge is -2.27. The smallest absolute Gasteiger partial charge is 0.424 e. The third-order valence-corrected chi connectivity index (χ3v) is 8.19. The Morgan fingerprint density at radius 1 is 0.881 bits per heavy atom. The van der Waals surface area contributed by atoms with Gasteiger partial charge in [-0.3, -0.25) is 4.98 Å². The molecule has 1 amide bonds. The zero-order chi connectivity index (χ0) is 30.0. The van der Waals surface area contributed by atoms with Gasteiger partial charge in [-0.25, -0.2) is 18.0 Å². The summed E-state index contributed by atoms with van der Waals surface area (Å²) >= 11 is 5.99. The van der Waals surface area contributed by atoms with Crippen molar-refractivity contribution < 1.29 is 32.2 Å². The molecule has 218 valence electrons. The van der Waals surface area contributed by atoms with Crippen LogP contribution in [0.5, 0.6) is 5.75 Å². The van der Waals surface area contributed by atoms with Crippen LogP contribution in [0.15, 0.2) is 108 Å². The van der Waals surface area contributed by atoms with E-state index in [0.29, 0.717) is 27.5 Å². The summed E-state index contributed by atoms with van der Waals surface area (Å²) in [6.45, 7) is 1.31. The lowest BCUT2D eigenvalue weighted by molar-refractivity contribution is -0.145. The van der Waals surface area contributed by atoms with Crippen molar-refractivity contribution >= 4 is 33.7 Å². The average Bonchev–Trinajstić information content (AvgIpc) is 3.01. The SMILES string of the molecule is CCOC(=O)COc1ccc(C(CN(C(=O)OCc2ccccc2)S(=O)(=O)c2ccc(Cl)cc2)c2cccnc2)cc1. The number of amides is 1. The van der Waals surface area contributed by atoms with E-state index >= 15 is 0 Å². The molecule has 0 bridgehead atoms. The molecular weight excluding hydrogens is 580 g/mol. The van der Waals surface area contributed by atoms with E-state index in [1.54, 1.807) is 80.0 Å². The molecule has 42 heavy (non-hydrogen) atoms. The summed E-state index contributed by atoms with van der Waals surface area (Å²) in [5.74, 6) is -0.694. The van der Waals surface area contributed by atoms with Gasteiger partial charge in [-0.2, -0.15) is 4.31 Å². The highest BCUT2D eigenvalue weighted by molar-refractivity contribution is 7.89. The number of nitrogens with zero attached hydrogens (tertiary/aromatic N) is 2. The zero-order valence-corrected chi connectivity index (χ0v) is 24.3. The Hall–Kier alpha value is -4.41. The molecular formula is C31H29ClN2O7S. The highest BCUT2D eigenvalue weighted by Crippen LogP contribution is 2.30. The van der Waals surface area contributed by atoms with Crippen LogP contribution in [0.1, 0.15) is 29.5 Å². The molecule has 9 nitrogen and oxygen atoms in total. The van der Waals surface area contributed by atoms with Gasteiger partial charge in [-0.15, -0.1) is 0 Å². The van der Waals surface area contributed by atoms with Crippen molar-refractivity contribution in [1.29, 1.82) is 0 Å². The second-order valence-corrected chi connectivity index (χ2v) is 11.3. The highest BCUT2D eigenvalue weighted by atomic mass is 35.5. The number of sulfonamides is 1. The second kappa shape index (κ2) is 14.5. The van der Waals surface area contributed by atoms with Crippen molar-refractivity contribution in [3.63, 3.8) is 0 Å². The summed E-state index contributed by atoms with van der Waals surface area (Å²) in [5.41, 5.74) is 2.06. The number of aromatic nitrogens is 1. The number of esters is 1. The van der Waals surface area contributed by atoms with Crippen LogP contribution >= 0.6 is 11.6 Å². The minimum Gasteiger partial charge on any atom is -0.482 e. The first-order chi connectivity index (χ1) is 20.3. The van der Waals surface area contributed by atoms with Crippen LogP contribution in [-0.2, 0) is 30.9 Å². The number of halogens is 1.